The summed E-state index contributed by atoms with van der Waals surface area (Å²) in [6.45, 7) is 5.81. The molecule has 0 spiro atoms. The molecule has 7 heteroatoms. The Balaban J connectivity index is 1.84. The monoisotopic (exact) mass is 496 g/mol. The van der Waals surface area contributed by atoms with Gasteiger partial charge in [-0.3, -0.25) is 0 Å². The van der Waals surface area contributed by atoms with Crippen LogP contribution in [0.15, 0.2) is 34.5 Å². The minimum atomic E-state index is 0.0966. The summed E-state index contributed by atoms with van der Waals surface area (Å²) in [6.07, 6.45) is 8.46. The summed E-state index contributed by atoms with van der Waals surface area (Å²) >= 11 is 4.94. The van der Waals surface area contributed by atoms with Gasteiger partial charge in [-0.2, -0.15) is 10.5 Å². The maximum Gasteiger partial charge on any atom is 0.130 e. The molecule has 3 aromatic heterocycles. The molecule has 33 heavy (non-hydrogen) atoms. The first-order chi connectivity index (χ1) is 16.2. The lowest BCUT2D eigenvalue weighted by Gasteiger charge is -2.02. The maximum atomic E-state index is 9.27. The van der Waals surface area contributed by atoms with Crippen molar-refractivity contribution in [3.8, 4) is 43.1 Å². The highest BCUT2D eigenvalue weighted by Gasteiger charge is 2.16. The predicted molar refractivity (Wildman–Crippen MR) is 140 cm³/mol. The molecule has 4 nitrogen and oxygen atoms in total. The van der Waals surface area contributed by atoms with Gasteiger partial charge in [0.15, 0.2) is 0 Å². The smallest absolute Gasteiger partial charge is 0.130 e. The summed E-state index contributed by atoms with van der Waals surface area (Å²) in [5.41, 5.74) is 0.977. The Morgan fingerprint density at radius 1 is 0.818 bits per heavy atom. The first kappa shape index (κ1) is 25.1. The maximum absolute atomic E-state index is 9.27. The van der Waals surface area contributed by atoms with Crippen LogP contribution in [0.4, 0.5) is 0 Å². The van der Waals surface area contributed by atoms with Crippen molar-refractivity contribution in [2.45, 2.75) is 52.4 Å². The highest BCUT2D eigenvalue weighted by atomic mass is 32.1. The van der Waals surface area contributed by atoms with Crippen LogP contribution in [-0.4, -0.2) is 13.2 Å². The van der Waals surface area contributed by atoms with Crippen LogP contribution in [0.5, 0.6) is 11.5 Å². The molecule has 0 fully saturated rings. The Labute approximate surface area is 208 Å². The fraction of sp³-hybridized carbons (Fsp3) is 0.385. The number of unbranched alkanes of at least 4 members (excludes halogenated alkanes) is 4. The van der Waals surface area contributed by atoms with Crippen LogP contribution >= 0.6 is 34.0 Å². The van der Waals surface area contributed by atoms with Crippen molar-refractivity contribution in [3.05, 3.63) is 40.1 Å². The first-order valence-corrected chi connectivity index (χ1v) is 13.8. The van der Waals surface area contributed by atoms with E-state index in [9.17, 15) is 10.5 Å². The molecule has 0 saturated heterocycles. The number of thiophene rings is 3. The Kier molecular flexibility index (Phi) is 10.0. The fourth-order valence-corrected chi connectivity index (χ4v) is 6.22. The van der Waals surface area contributed by atoms with Crippen molar-refractivity contribution < 1.29 is 9.47 Å². The first-order valence-electron chi connectivity index (χ1n) is 11.3. The number of nitrogens with zero attached hydrogens (tertiary/aromatic N) is 2. The van der Waals surface area contributed by atoms with Gasteiger partial charge in [0.05, 0.1) is 18.1 Å². The van der Waals surface area contributed by atoms with E-state index in [1.165, 1.54) is 19.3 Å². The molecular formula is C26H28N2O2S3. The van der Waals surface area contributed by atoms with Gasteiger partial charge in [0.2, 0.25) is 0 Å². The minimum Gasteiger partial charge on any atom is -0.493 e. The second-order valence-electron chi connectivity index (χ2n) is 7.58. The Morgan fingerprint density at radius 2 is 1.39 bits per heavy atom. The zero-order valence-electron chi connectivity index (χ0n) is 19.1. The van der Waals surface area contributed by atoms with E-state index >= 15 is 0 Å². The van der Waals surface area contributed by atoms with Crippen molar-refractivity contribution in [2.75, 3.05) is 13.2 Å². The molecule has 0 amide bonds. The molecule has 0 aliphatic heterocycles. The van der Waals surface area contributed by atoms with E-state index < -0.39 is 0 Å². The van der Waals surface area contributed by atoms with Crippen LogP contribution in [-0.2, 0) is 0 Å². The summed E-state index contributed by atoms with van der Waals surface area (Å²) < 4.78 is 11.8. The largest absolute Gasteiger partial charge is 0.493 e. The van der Waals surface area contributed by atoms with Crippen LogP contribution in [0.1, 0.15) is 57.9 Å². The van der Waals surface area contributed by atoms with Crippen molar-refractivity contribution in [3.63, 3.8) is 0 Å². The minimum absolute atomic E-state index is 0.0966. The summed E-state index contributed by atoms with van der Waals surface area (Å²) in [4.78, 5) is 4.33. The molecule has 0 radical (unpaired) electrons. The normalized spacial score (nSPS) is 10.4. The number of allylic oxidation sites excluding steroid dienone is 1. The number of nitriles is 2. The molecule has 0 N–H and O–H groups in total. The lowest BCUT2D eigenvalue weighted by Crippen LogP contribution is -1.95. The van der Waals surface area contributed by atoms with Crippen molar-refractivity contribution >= 4 is 40.1 Å². The zero-order valence-corrected chi connectivity index (χ0v) is 21.5. The molecule has 172 valence electrons. The van der Waals surface area contributed by atoms with Gasteiger partial charge >= 0.3 is 0 Å². The number of ether oxygens (including phenoxy) is 2. The van der Waals surface area contributed by atoms with Gasteiger partial charge in [-0.15, -0.1) is 34.0 Å². The van der Waals surface area contributed by atoms with E-state index in [0.29, 0.717) is 0 Å². The molecule has 0 saturated carbocycles. The van der Waals surface area contributed by atoms with Crippen LogP contribution in [0.3, 0.4) is 0 Å². The third-order valence-corrected chi connectivity index (χ3v) is 8.30. The van der Waals surface area contributed by atoms with Crippen LogP contribution in [0.25, 0.3) is 25.6 Å². The average molecular weight is 497 g/mol. The van der Waals surface area contributed by atoms with E-state index in [1.807, 2.05) is 22.9 Å². The second-order valence-corrected chi connectivity index (χ2v) is 10.5. The second kappa shape index (κ2) is 13.2. The lowest BCUT2D eigenvalue weighted by molar-refractivity contribution is 0.307. The van der Waals surface area contributed by atoms with Crippen molar-refractivity contribution in [1.82, 2.24) is 0 Å². The predicted octanol–water partition coefficient (Wildman–Crippen LogP) is 8.77. The number of rotatable bonds is 13. The average Bonchev–Trinajstić information content (AvgIpc) is 3.57. The van der Waals surface area contributed by atoms with Gasteiger partial charge in [0, 0.05) is 25.4 Å². The van der Waals surface area contributed by atoms with E-state index in [2.05, 4.69) is 32.0 Å². The molecule has 3 heterocycles. The molecule has 0 atom stereocenters. The molecule has 0 aliphatic carbocycles. The Morgan fingerprint density at radius 3 is 1.97 bits per heavy atom. The molecule has 0 bridgehead atoms. The SMILES string of the molecule is CCCCCOc1csc(-c2cc(C=C(C#N)C#N)c(-c3cc(OCCCCC)cs3)s2)c1. The fourth-order valence-electron chi connectivity index (χ4n) is 3.19. The van der Waals surface area contributed by atoms with Crippen LogP contribution < -0.4 is 9.47 Å². The summed E-state index contributed by atoms with van der Waals surface area (Å²) in [5, 5.41) is 22.6. The number of hydrogen-bond acceptors (Lipinski definition) is 7. The molecule has 0 unspecified atom stereocenters. The molecule has 3 aromatic rings. The van der Waals surface area contributed by atoms with E-state index in [1.54, 1.807) is 40.1 Å². The lowest BCUT2D eigenvalue weighted by atomic mass is 10.1. The summed E-state index contributed by atoms with van der Waals surface area (Å²) in [5.74, 6) is 1.77. The number of hydrogen-bond donors (Lipinski definition) is 0. The van der Waals surface area contributed by atoms with E-state index in [0.717, 1.165) is 69.0 Å². The molecule has 3 rings (SSSR count). The van der Waals surface area contributed by atoms with Gasteiger partial charge < -0.3 is 9.47 Å². The standard InChI is InChI=1S/C26H28N2O2S3/c1-3-5-7-9-29-21-13-23(31-17-21)24-12-20(11-19(15-27)16-28)26(33-24)25-14-22(18-32-25)30-10-8-6-4-2/h11-14,17-18H,3-10H2,1-2H3. The highest BCUT2D eigenvalue weighted by Crippen LogP contribution is 2.45. The summed E-state index contributed by atoms with van der Waals surface area (Å²) in [7, 11) is 0. The third kappa shape index (κ3) is 7.20. The molecular weight excluding hydrogens is 468 g/mol. The third-order valence-electron chi connectivity index (χ3n) is 4.95. The van der Waals surface area contributed by atoms with Crippen molar-refractivity contribution in [1.29, 1.82) is 10.5 Å². The zero-order chi connectivity index (χ0) is 23.5. The van der Waals surface area contributed by atoms with Gasteiger partial charge in [-0.25, -0.2) is 0 Å². The van der Waals surface area contributed by atoms with Crippen LogP contribution in [0, 0.1) is 22.7 Å². The highest BCUT2D eigenvalue weighted by molar-refractivity contribution is 7.26. The Bertz CT molecular complexity index is 1130. The van der Waals surface area contributed by atoms with E-state index in [-0.39, 0.29) is 5.57 Å². The molecule has 0 aliphatic rings. The van der Waals surface area contributed by atoms with Crippen LogP contribution in [0.2, 0.25) is 0 Å². The topological polar surface area (TPSA) is 66.0 Å². The quantitative estimate of drug-likeness (QED) is 0.175. The van der Waals surface area contributed by atoms with Crippen molar-refractivity contribution in [2.24, 2.45) is 0 Å². The summed E-state index contributed by atoms with van der Waals surface area (Å²) in [6, 6.07) is 10.1. The van der Waals surface area contributed by atoms with Gasteiger partial charge in [-0.05, 0) is 42.7 Å². The Hall–Kier alpha value is -2.58. The van der Waals surface area contributed by atoms with Gasteiger partial charge in [0.25, 0.3) is 0 Å². The van der Waals surface area contributed by atoms with Gasteiger partial charge in [-0.1, -0.05) is 39.5 Å². The molecule has 0 aromatic carbocycles. The van der Waals surface area contributed by atoms with Gasteiger partial charge in [0.1, 0.15) is 29.2 Å². The van der Waals surface area contributed by atoms with E-state index in [4.69, 9.17) is 9.47 Å².